The van der Waals surface area contributed by atoms with Crippen molar-refractivity contribution in [2.24, 2.45) is 0 Å². The Morgan fingerprint density at radius 1 is 1.32 bits per heavy atom. The van der Waals surface area contributed by atoms with Crippen LogP contribution in [0.5, 0.6) is 0 Å². The fourth-order valence-corrected chi connectivity index (χ4v) is 3.19. The highest BCUT2D eigenvalue weighted by Gasteiger charge is 2.45. The van der Waals surface area contributed by atoms with E-state index in [9.17, 15) is 14.7 Å². The Labute approximate surface area is 163 Å². The second-order valence-corrected chi connectivity index (χ2v) is 6.94. The first-order valence-corrected chi connectivity index (χ1v) is 9.35. The van der Waals surface area contributed by atoms with Crippen LogP contribution < -0.4 is 11.0 Å². The van der Waals surface area contributed by atoms with E-state index in [1.807, 2.05) is 26.8 Å². The van der Waals surface area contributed by atoms with Crippen molar-refractivity contribution in [1.29, 1.82) is 0 Å². The van der Waals surface area contributed by atoms with Gasteiger partial charge in [0.15, 0.2) is 6.23 Å². The first-order valence-electron chi connectivity index (χ1n) is 9.35. The van der Waals surface area contributed by atoms with Crippen LogP contribution in [0.1, 0.15) is 43.8 Å². The number of carbonyl (C=O) groups excluding carboxylic acids is 1. The molecule has 0 saturated carbocycles. The second-order valence-electron chi connectivity index (χ2n) is 6.94. The van der Waals surface area contributed by atoms with Crippen molar-refractivity contribution in [3.05, 3.63) is 58.6 Å². The molecule has 2 N–H and O–H groups in total. The quantitative estimate of drug-likeness (QED) is 0.785. The Morgan fingerprint density at radius 3 is 2.64 bits per heavy atom. The number of hydrogen-bond acceptors (Lipinski definition) is 6. The van der Waals surface area contributed by atoms with Crippen LogP contribution in [0.4, 0.5) is 5.82 Å². The van der Waals surface area contributed by atoms with E-state index >= 15 is 0 Å². The second kappa shape index (κ2) is 8.64. The van der Waals surface area contributed by atoms with E-state index in [0.29, 0.717) is 12.0 Å². The van der Waals surface area contributed by atoms with Gasteiger partial charge in [0.2, 0.25) is 0 Å². The molecule has 1 saturated heterocycles. The largest absolute Gasteiger partial charge is 0.388 e. The number of hydrogen-bond donors (Lipinski definition) is 2. The van der Waals surface area contributed by atoms with Crippen LogP contribution in [-0.4, -0.2) is 45.0 Å². The Kier molecular flexibility index (Phi) is 6.23. The number of nitrogens with one attached hydrogen (secondary N) is 1. The van der Waals surface area contributed by atoms with Crippen molar-refractivity contribution in [3.8, 4) is 0 Å². The number of nitrogens with zero attached hydrogens (tertiary/aromatic N) is 2. The number of aromatic nitrogens is 2. The third kappa shape index (κ3) is 4.30. The highest BCUT2D eigenvalue weighted by atomic mass is 16.6. The van der Waals surface area contributed by atoms with E-state index in [4.69, 9.17) is 9.47 Å². The summed E-state index contributed by atoms with van der Waals surface area (Å²) in [6.45, 7) is 5.60. The van der Waals surface area contributed by atoms with Crippen LogP contribution in [0.2, 0.25) is 0 Å². The summed E-state index contributed by atoms with van der Waals surface area (Å²) in [5.41, 5.74) is -0.135. The molecule has 8 nitrogen and oxygen atoms in total. The molecule has 2 aromatic rings. The van der Waals surface area contributed by atoms with Gasteiger partial charge in [0, 0.05) is 11.8 Å². The molecule has 0 bridgehead atoms. The molecule has 0 radical (unpaired) electrons. The van der Waals surface area contributed by atoms with Gasteiger partial charge >= 0.3 is 5.69 Å². The first-order chi connectivity index (χ1) is 13.4. The minimum atomic E-state index is -0.846. The first kappa shape index (κ1) is 20.2. The lowest BCUT2D eigenvalue weighted by Gasteiger charge is -2.24. The lowest BCUT2D eigenvalue weighted by Crippen LogP contribution is -2.39. The van der Waals surface area contributed by atoms with E-state index in [1.165, 1.54) is 16.8 Å². The maximum absolute atomic E-state index is 12.6. The average Bonchev–Trinajstić information content (AvgIpc) is 2.98. The van der Waals surface area contributed by atoms with Gasteiger partial charge in [-0.2, -0.15) is 4.98 Å². The molecule has 1 amide bonds. The summed E-state index contributed by atoms with van der Waals surface area (Å²) in [6.07, 6.45) is -0.824. The molecular formula is C20H25N3O5. The zero-order valence-corrected chi connectivity index (χ0v) is 16.1. The van der Waals surface area contributed by atoms with Gasteiger partial charge < -0.3 is 19.9 Å². The van der Waals surface area contributed by atoms with E-state index in [-0.39, 0.29) is 17.8 Å². The molecule has 0 aliphatic carbocycles. The standard InChI is InChI=1S/C20H25N3O5/c1-4-14-16(24)17(27-12(2)3)19(28-14)23-11-10-15(22-20(23)26)21-18(25)13-8-6-5-7-9-13/h5-12,14,16-17,19,24H,4H2,1-3H3,(H,21,22,25,26)/t14-,16?,17+,19-/m1/s1. The number of benzene rings is 1. The highest BCUT2D eigenvalue weighted by molar-refractivity contribution is 6.03. The minimum absolute atomic E-state index is 0.141. The molecule has 1 aromatic carbocycles. The van der Waals surface area contributed by atoms with Crippen LogP contribution >= 0.6 is 0 Å². The normalized spacial score (nSPS) is 24.5. The van der Waals surface area contributed by atoms with Gasteiger partial charge in [0.25, 0.3) is 5.91 Å². The summed E-state index contributed by atoms with van der Waals surface area (Å²) in [5, 5.41) is 13.1. The fraction of sp³-hybridized carbons (Fsp3) is 0.450. The number of aliphatic hydroxyl groups is 1. The third-order valence-electron chi connectivity index (χ3n) is 4.53. The molecule has 1 aliphatic rings. The fourth-order valence-electron chi connectivity index (χ4n) is 3.19. The average molecular weight is 387 g/mol. The molecule has 3 rings (SSSR count). The van der Waals surface area contributed by atoms with Gasteiger partial charge in [-0.3, -0.25) is 9.36 Å². The maximum atomic E-state index is 12.6. The van der Waals surface area contributed by atoms with Crippen molar-refractivity contribution < 1.29 is 19.4 Å². The Bertz CT molecular complexity index is 868. The zero-order chi connectivity index (χ0) is 20.3. The predicted molar refractivity (Wildman–Crippen MR) is 103 cm³/mol. The van der Waals surface area contributed by atoms with Crippen molar-refractivity contribution in [2.75, 3.05) is 5.32 Å². The maximum Gasteiger partial charge on any atom is 0.351 e. The van der Waals surface area contributed by atoms with Crippen molar-refractivity contribution in [1.82, 2.24) is 9.55 Å². The summed E-state index contributed by atoms with van der Waals surface area (Å²) >= 11 is 0. The monoisotopic (exact) mass is 387 g/mol. The lowest BCUT2D eigenvalue weighted by atomic mass is 10.1. The van der Waals surface area contributed by atoms with Crippen molar-refractivity contribution in [3.63, 3.8) is 0 Å². The summed E-state index contributed by atoms with van der Waals surface area (Å²) in [4.78, 5) is 28.7. The lowest BCUT2D eigenvalue weighted by molar-refractivity contribution is -0.0916. The summed E-state index contributed by atoms with van der Waals surface area (Å²) < 4.78 is 12.9. The van der Waals surface area contributed by atoms with Gasteiger partial charge in [0.1, 0.15) is 18.0 Å². The van der Waals surface area contributed by atoms with Crippen LogP contribution in [0.3, 0.4) is 0 Å². The van der Waals surface area contributed by atoms with Gasteiger partial charge in [-0.25, -0.2) is 4.79 Å². The Balaban J connectivity index is 1.81. The molecular weight excluding hydrogens is 362 g/mol. The molecule has 4 atom stereocenters. The summed E-state index contributed by atoms with van der Waals surface area (Å²) in [7, 11) is 0. The topological polar surface area (TPSA) is 103 Å². The molecule has 1 fully saturated rings. The van der Waals surface area contributed by atoms with Gasteiger partial charge in [-0.1, -0.05) is 25.1 Å². The van der Waals surface area contributed by atoms with Crippen LogP contribution in [0, 0.1) is 0 Å². The number of rotatable bonds is 6. The highest BCUT2D eigenvalue weighted by Crippen LogP contribution is 2.33. The zero-order valence-electron chi connectivity index (χ0n) is 16.1. The molecule has 0 spiro atoms. The van der Waals surface area contributed by atoms with E-state index in [2.05, 4.69) is 10.3 Å². The van der Waals surface area contributed by atoms with Crippen molar-refractivity contribution in [2.45, 2.75) is 57.8 Å². The molecule has 8 heteroatoms. The molecule has 1 aromatic heterocycles. The number of ether oxygens (including phenoxy) is 2. The van der Waals surface area contributed by atoms with Crippen LogP contribution in [0.15, 0.2) is 47.4 Å². The minimum Gasteiger partial charge on any atom is -0.388 e. The molecule has 1 aliphatic heterocycles. The SMILES string of the molecule is CC[C@H]1O[C@@H](n2ccc(NC(=O)c3ccccc3)nc2=O)[C@@H](OC(C)C)C1O. The third-order valence-corrected chi connectivity index (χ3v) is 4.53. The number of anilines is 1. The van der Waals surface area contributed by atoms with E-state index in [0.717, 1.165) is 0 Å². The van der Waals surface area contributed by atoms with Gasteiger partial charge in [-0.15, -0.1) is 0 Å². The predicted octanol–water partition coefficient (Wildman–Crippen LogP) is 1.96. The summed E-state index contributed by atoms with van der Waals surface area (Å²) in [6, 6.07) is 10.2. The van der Waals surface area contributed by atoms with E-state index in [1.54, 1.807) is 24.3 Å². The molecule has 150 valence electrons. The van der Waals surface area contributed by atoms with Crippen molar-refractivity contribution >= 4 is 11.7 Å². The van der Waals surface area contributed by atoms with Gasteiger partial charge in [-0.05, 0) is 38.5 Å². The molecule has 1 unspecified atom stereocenters. The Hall–Kier alpha value is -2.55. The van der Waals surface area contributed by atoms with Crippen LogP contribution in [0.25, 0.3) is 0 Å². The summed E-state index contributed by atoms with van der Waals surface area (Å²) in [5.74, 6) is -0.216. The van der Waals surface area contributed by atoms with Crippen LogP contribution in [-0.2, 0) is 9.47 Å². The molecule has 2 heterocycles. The number of amides is 1. The number of carbonyl (C=O) groups is 1. The number of aliphatic hydroxyl groups excluding tert-OH is 1. The Morgan fingerprint density at radius 2 is 2.04 bits per heavy atom. The van der Waals surface area contributed by atoms with Gasteiger partial charge in [0.05, 0.1) is 12.2 Å². The molecule has 28 heavy (non-hydrogen) atoms. The van der Waals surface area contributed by atoms with E-state index < -0.39 is 30.2 Å². The smallest absolute Gasteiger partial charge is 0.351 e.